The van der Waals surface area contributed by atoms with Crippen LogP contribution < -0.4 is 4.90 Å². The molecular formula is C17H20F3N3O3. The van der Waals surface area contributed by atoms with E-state index in [9.17, 15) is 22.8 Å². The van der Waals surface area contributed by atoms with Gasteiger partial charge in [-0.25, -0.2) is 4.98 Å². The van der Waals surface area contributed by atoms with Gasteiger partial charge in [0.25, 0.3) is 0 Å². The molecule has 2 aliphatic rings. The molecule has 1 aromatic rings. The number of carbonyl (C=O) groups excluding carboxylic acids is 1. The average Bonchev–Trinajstić information content (AvgIpc) is 2.58. The van der Waals surface area contributed by atoms with Crippen molar-refractivity contribution in [2.45, 2.75) is 31.9 Å². The van der Waals surface area contributed by atoms with Crippen LogP contribution in [0, 0.1) is 5.41 Å². The molecule has 9 heteroatoms. The molecule has 2 saturated heterocycles. The largest absolute Gasteiger partial charge is 0.480 e. The Bertz CT molecular complexity index is 683. The second-order valence-electron chi connectivity index (χ2n) is 7.03. The van der Waals surface area contributed by atoms with Gasteiger partial charge >= 0.3 is 12.1 Å². The highest BCUT2D eigenvalue weighted by Crippen LogP contribution is 2.41. The first-order valence-electron chi connectivity index (χ1n) is 8.46. The predicted octanol–water partition coefficient (Wildman–Crippen LogP) is 2.39. The second-order valence-corrected chi connectivity index (χ2v) is 7.03. The Morgan fingerprint density at radius 2 is 1.92 bits per heavy atom. The summed E-state index contributed by atoms with van der Waals surface area (Å²) in [6.45, 7) is 1.37. The molecule has 0 bridgehead atoms. The normalized spacial score (nSPS) is 20.5. The average molecular weight is 371 g/mol. The van der Waals surface area contributed by atoms with Crippen LogP contribution in [0.3, 0.4) is 0 Å². The Morgan fingerprint density at radius 1 is 1.23 bits per heavy atom. The van der Waals surface area contributed by atoms with Gasteiger partial charge in [0.05, 0.1) is 5.56 Å². The minimum Gasteiger partial charge on any atom is -0.480 e. The zero-order valence-electron chi connectivity index (χ0n) is 14.1. The molecule has 1 amide bonds. The summed E-state index contributed by atoms with van der Waals surface area (Å²) in [5, 5.41) is 8.95. The topological polar surface area (TPSA) is 73.7 Å². The van der Waals surface area contributed by atoms with Gasteiger partial charge in [-0.2, -0.15) is 13.2 Å². The molecule has 0 unspecified atom stereocenters. The highest BCUT2D eigenvalue weighted by Gasteiger charge is 2.41. The molecule has 0 aliphatic carbocycles. The fourth-order valence-corrected chi connectivity index (χ4v) is 3.77. The highest BCUT2D eigenvalue weighted by molar-refractivity contribution is 5.82. The lowest BCUT2D eigenvalue weighted by molar-refractivity contribution is -0.148. The molecular weight excluding hydrogens is 351 g/mol. The van der Waals surface area contributed by atoms with Crippen LogP contribution in [0.4, 0.5) is 19.0 Å². The van der Waals surface area contributed by atoms with E-state index in [2.05, 4.69) is 4.98 Å². The van der Waals surface area contributed by atoms with Crippen molar-refractivity contribution in [2.75, 3.05) is 31.1 Å². The van der Waals surface area contributed by atoms with Gasteiger partial charge in [0, 0.05) is 32.3 Å². The van der Waals surface area contributed by atoms with Crippen LogP contribution in [0.2, 0.25) is 0 Å². The quantitative estimate of drug-likeness (QED) is 0.883. The van der Waals surface area contributed by atoms with Crippen LogP contribution in [0.1, 0.15) is 31.2 Å². The van der Waals surface area contributed by atoms with Crippen LogP contribution in [0.25, 0.3) is 0 Å². The van der Waals surface area contributed by atoms with Crippen molar-refractivity contribution in [1.29, 1.82) is 0 Å². The molecule has 6 nitrogen and oxygen atoms in total. The summed E-state index contributed by atoms with van der Waals surface area (Å²) in [6, 6.07) is 2.41. The lowest BCUT2D eigenvalue weighted by atomic mass is 9.72. The third kappa shape index (κ3) is 3.91. The number of anilines is 1. The molecule has 1 spiro atoms. The molecule has 0 radical (unpaired) electrons. The van der Waals surface area contributed by atoms with Gasteiger partial charge in [0.2, 0.25) is 5.91 Å². The van der Waals surface area contributed by atoms with E-state index in [0.717, 1.165) is 31.5 Å². The summed E-state index contributed by atoms with van der Waals surface area (Å²) in [7, 11) is 0. The Labute approximate surface area is 148 Å². The number of carbonyl (C=O) groups is 2. The van der Waals surface area contributed by atoms with E-state index in [1.54, 1.807) is 0 Å². The number of nitrogens with zero attached hydrogens (tertiary/aromatic N) is 3. The summed E-state index contributed by atoms with van der Waals surface area (Å²) in [4.78, 5) is 30.1. The van der Waals surface area contributed by atoms with E-state index in [1.165, 1.54) is 11.0 Å². The number of pyridine rings is 1. The smallest absolute Gasteiger partial charge is 0.417 e. The van der Waals surface area contributed by atoms with E-state index >= 15 is 0 Å². The number of hydrogen-bond donors (Lipinski definition) is 1. The maximum Gasteiger partial charge on any atom is 0.417 e. The Hall–Kier alpha value is -2.32. The lowest BCUT2D eigenvalue weighted by Gasteiger charge is -2.47. The second kappa shape index (κ2) is 6.77. The van der Waals surface area contributed by atoms with E-state index < -0.39 is 17.7 Å². The predicted molar refractivity (Wildman–Crippen MR) is 86.6 cm³/mol. The molecule has 0 atom stereocenters. The number of halogens is 3. The molecule has 1 aromatic heterocycles. The van der Waals surface area contributed by atoms with E-state index in [0.29, 0.717) is 31.9 Å². The van der Waals surface area contributed by atoms with Crippen molar-refractivity contribution in [3.05, 3.63) is 23.9 Å². The number of carboxylic acid groups (broad SMARTS) is 1. The minimum atomic E-state index is -4.40. The number of likely N-dealkylation sites (tertiary alicyclic amines) is 1. The minimum absolute atomic E-state index is 0.119. The van der Waals surface area contributed by atoms with Crippen molar-refractivity contribution in [3.63, 3.8) is 0 Å². The Balaban J connectivity index is 1.63. The molecule has 3 rings (SSSR count). The number of hydrogen-bond acceptors (Lipinski definition) is 4. The number of amides is 1. The maximum absolute atomic E-state index is 12.6. The Morgan fingerprint density at radius 3 is 2.46 bits per heavy atom. The third-order valence-corrected chi connectivity index (χ3v) is 5.30. The third-order valence-electron chi connectivity index (χ3n) is 5.30. The SMILES string of the molecule is O=C(O)CN1CC2(CCC1=O)CCN(c1ccc(C(F)(F)F)cn1)CC2. The zero-order chi connectivity index (χ0) is 18.9. The number of carboxylic acids is 1. The number of aromatic nitrogens is 1. The maximum atomic E-state index is 12.6. The van der Waals surface area contributed by atoms with Crippen LogP contribution in [0.15, 0.2) is 18.3 Å². The van der Waals surface area contributed by atoms with Gasteiger partial charge in [-0.1, -0.05) is 0 Å². The number of aliphatic carboxylic acids is 1. The number of piperidine rings is 2. The molecule has 26 heavy (non-hydrogen) atoms. The van der Waals surface area contributed by atoms with Crippen LogP contribution >= 0.6 is 0 Å². The standard InChI is InChI=1S/C17H20F3N3O3/c18-17(19,20)12-1-2-13(21-9-12)22-7-5-16(6-8-22)4-3-14(24)23(11-16)10-15(25)26/h1-2,9H,3-8,10-11H2,(H,25,26). The van der Waals surface area contributed by atoms with E-state index in [4.69, 9.17) is 5.11 Å². The van der Waals surface area contributed by atoms with Gasteiger partial charge in [-0.3, -0.25) is 9.59 Å². The van der Waals surface area contributed by atoms with Crippen LogP contribution in [0.5, 0.6) is 0 Å². The molecule has 2 fully saturated rings. The summed E-state index contributed by atoms with van der Waals surface area (Å²) in [6.07, 6.45) is -1.01. The first-order chi connectivity index (χ1) is 12.2. The van der Waals surface area contributed by atoms with Crippen molar-refractivity contribution in [3.8, 4) is 0 Å². The molecule has 3 heterocycles. The first kappa shape index (κ1) is 18.5. The molecule has 1 N–H and O–H groups in total. The van der Waals surface area contributed by atoms with Crippen LogP contribution in [-0.4, -0.2) is 53.0 Å². The van der Waals surface area contributed by atoms with E-state index in [1.807, 2.05) is 4.90 Å². The van der Waals surface area contributed by atoms with Gasteiger partial charge in [0.15, 0.2) is 0 Å². The van der Waals surface area contributed by atoms with Crippen molar-refractivity contribution < 1.29 is 27.9 Å². The van der Waals surface area contributed by atoms with Crippen molar-refractivity contribution >= 4 is 17.7 Å². The fourth-order valence-electron chi connectivity index (χ4n) is 3.77. The molecule has 2 aliphatic heterocycles. The number of rotatable bonds is 3. The highest BCUT2D eigenvalue weighted by atomic mass is 19.4. The number of alkyl halides is 3. The van der Waals surface area contributed by atoms with Crippen LogP contribution in [-0.2, 0) is 15.8 Å². The first-order valence-corrected chi connectivity index (χ1v) is 8.46. The van der Waals surface area contributed by atoms with Crippen molar-refractivity contribution in [1.82, 2.24) is 9.88 Å². The lowest BCUT2D eigenvalue weighted by Crippen LogP contribution is -2.52. The van der Waals surface area contributed by atoms with Gasteiger partial charge in [-0.05, 0) is 36.8 Å². The van der Waals surface area contributed by atoms with Gasteiger partial charge in [-0.15, -0.1) is 0 Å². The van der Waals surface area contributed by atoms with Gasteiger partial charge < -0.3 is 14.9 Å². The summed E-state index contributed by atoms with van der Waals surface area (Å²) >= 11 is 0. The molecule has 0 saturated carbocycles. The van der Waals surface area contributed by atoms with Crippen molar-refractivity contribution in [2.24, 2.45) is 5.41 Å². The fraction of sp³-hybridized carbons (Fsp3) is 0.588. The monoisotopic (exact) mass is 371 g/mol. The molecule has 0 aromatic carbocycles. The Kier molecular flexibility index (Phi) is 4.81. The summed E-state index contributed by atoms with van der Waals surface area (Å²) < 4.78 is 37.9. The molecule has 142 valence electrons. The summed E-state index contributed by atoms with van der Waals surface area (Å²) in [5.74, 6) is -0.659. The summed E-state index contributed by atoms with van der Waals surface area (Å²) in [5.41, 5.74) is -0.893. The zero-order valence-corrected chi connectivity index (χ0v) is 14.1. The van der Waals surface area contributed by atoms with Gasteiger partial charge in [0.1, 0.15) is 12.4 Å². The van der Waals surface area contributed by atoms with E-state index in [-0.39, 0.29) is 17.9 Å².